The van der Waals surface area contributed by atoms with E-state index in [0.717, 1.165) is 44.9 Å². The molecule has 53 heavy (non-hydrogen) atoms. The van der Waals surface area contributed by atoms with Crippen molar-refractivity contribution in [2.45, 2.75) is 167 Å². The first kappa shape index (κ1) is 50.7. The molecule has 1 unspecified atom stereocenters. The maximum absolute atomic E-state index is 12.4. The van der Waals surface area contributed by atoms with Crippen LogP contribution >= 0.6 is 7.82 Å². The molecule has 0 saturated heterocycles. The van der Waals surface area contributed by atoms with Crippen molar-refractivity contribution < 1.29 is 37.9 Å². The van der Waals surface area contributed by atoms with Crippen LogP contribution in [-0.4, -0.2) is 54.5 Å². The average molecular weight is 766 g/mol. The van der Waals surface area contributed by atoms with Crippen LogP contribution in [0.3, 0.4) is 0 Å². The van der Waals surface area contributed by atoms with Gasteiger partial charge in [-0.05, 0) is 83.1 Å². The third-order valence-corrected chi connectivity index (χ3v) is 9.25. The van der Waals surface area contributed by atoms with E-state index in [0.29, 0.717) is 12.8 Å². The topological polar surface area (TPSA) is 138 Å². The second kappa shape index (κ2) is 39.4. The zero-order valence-electron chi connectivity index (χ0n) is 33.3. The summed E-state index contributed by atoms with van der Waals surface area (Å²) in [7, 11) is -4.30. The van der Waals surface area contributed by atoms with E-state index in [9.17, 15) is 19.4 Å². The molecule has 0 spiro atoms. The van der Waals surface area contributed by atoms with Crippen LogP contribution < -0.4 is 5.73 Å². The predicted octanol–water partition coefficient (Wildman–Crippen LogP) is 11.3. The summed E-state index contributed by atoms with van der Waals surface area (Å²) in [6.45, 7) is 3.99. The van der Waals surface area contributed by atoms with Crippen LogP contribution in [-0.2, 0) is 27.9 Å². The fraction of sp³-hybridized carbons (Fsp3) is 0.698. The highest BCUT2D eigenvalue weighted by Gasteiger charge is 2.24. The second-order valence-electron chi connectivity index (χ2n) is 13.4. The summed E-state index contributed by atoms with van der Waals surface area (Å²) in [5, 5.41) is 10.0. The van der Waals surface area contributed by atoms with Crippen molar-refractivity contribution in [2.75, 3.05) is 26.4 Å². The summed E-state index contributed by atoms with van der Waals surface area (Å²) in [5.41, 5.74) is 5.35. The SMILES string of the molecule is CCCCC/C=C\C=C/[C@@H](O)C/C=C\C/C=C/CCCC(=O)OC[C@H](COP(=O)(O)OCCN)O/C=C/CCCCCC/C=C\CCCCCCCC. The molecule has 0 aliphatic carbocycles. The van der Waals surface area contributed by atoms with Gasteiger partial charge in [0.25, 0.3) is 0 Å². The number of hydrogen-bond donors (Lipinski definition) is 3. The largest absolute Gasteiger partial charge is 0.492 e. The molecule has 0 aromatic carbocycles. The molecule has 0 heterocycles. The van der Waals surface area contributed by atoms with Gasteiger partial charge in [-0.3, -0.25) is 13.8 Å². The normalized spacial score (nSPS) is 14.8. The molecule has 0 saturated carbocycles. The minimum absolute atomic E-state index is 0.0789. The van der Waals surface area contributed by atoms with Gasteiger partial charge in [-0.25, -0.2) is 4.57 Å². The lowest BCUT2D eigenvalue weighted by atomic mass is 10.1. The molecule has 10 heteroatoms. The molecular weight excluding hydrogens is 689 g/mol. The van der Waals surface area contributed by atoms with Gasteiger partial charge in [-0.15, -0.1) is 0 Å². The van der Waals surface area contributed by atoms with Gasteiger partial charge in [0.2, 0.25) is 0 Å². The number of aliphatic hydroxyl groups is 1. The molecule has 0 amide bonds. The Kier molecular flexibility index (Phi) is 37.8. The molecule has 0 aromatic heterocycles. The average Bonchev–Trinajstić information content (AvgIpc) is 3.14. The Morgan fingerprint density at radius 2 is 1.25 bits per heavy atom. The first-order valence-electron chi connectivity index (χ1n) is 20.6. The second-order valence-corrected chi connectivity index (χ2v) is 14.9. The highest BCUT2D eigenvalue weighted by Crippen LogP contribution is 2.43. The molecular formula is C43H76NO8P. The zero-order chi connectivity index (χ0) is 38.9. The quantitative estimate of drug-likeness (QED) is 0.0140. The van der Waals surface area contributed by atoms with Gasteiger partial charge in [0.1, 0.15) is 6.61 Å². The summed E-state index contributed by atoms with van der Waals surface area (Å²) >= 11 is 0. The Morgan fingerprint density at radius 1 is 0.679 bits per heavy atom. The minimum atomic E-state index is -4.30. The van der Waals surface area contributed by atoms with Crippen molar-refractivity contribution >= 4 is 13.8 Å². The number of rotatable bonds is 38. The summed E-state index contributed by atoms with van der Waals surface area (Å²) < 4.78 is 33.0. The summed E-state index contributed by atoms with van der Waals surface area (Å²) in [5.74, 6) is -0.377. The Hall–Kier alpha value is -2.26. The lowest BCUT2D eigenvalue weighted by Crippen LogP contribution is -2.25. The number of nitrogens with two attached hydrogens (primary N) is 1. The van der Waals surface area contributed by atoms with E-state index in [2.05, 4.69) is 32.1 Å². The van der Waals surface area contributed by atoms with Crippen LogP contribution in [0.15, 0.2) is 73.1 Å². The van der Waals surface area contributed by atoms with Gasteiger partial charge >= 0.3 is 13.8 Å². The molecule has 0 bridgehead atoms. The number of hydrogen-bond acceptors (Lipinski definition) is 8. The van der Waals surface area contributed by atoms with E-state index in [1.54, 1.807) is 12.3 Å². The lowest BCUT2D eigenvalue weighted by Gasteiger charge is -2.19. The van der Waals surface area contributed by atoms with Crippen molar-refractivity contribution in [3.05, 3.63) is 73.1 Å². The number of carbonyl (C=O) groups excluding carboxylic acids is 1. The summed E-state index contributed by atoms with van der Waals surface area (Å²) in [6.07, 6.45) is 46.2. The number of ether oxygens (including phenoxy) is 2. The molecule has 306 valence electrons. The lowest BCUT2D eigenvalue weighted by molar-refractivity contribution is -0.147. The zero-order valence-corrected chi connectivity index (χ0v) is 34.2. The number of phosphoric ester groups is 1. The first-order valence-corrected chi connectivity index (χ1v) is 22.1. The van der Waals surface area contributed by atoms with Crippen LogP contribution in [0, 0.1) is 0 Å². The molecule has 0 rings (SSSR count). The Bertz CT molecular complexity index is 1050. The fourth-order valence-corrected chi connectivity index (χ4v) is 5.87. The molecule has 0 fully saturated rings. The van der Waals surface area contributed by atoms with Crippen molar-refractivity contribution in [1.29, 1.82) is 0 Å². The van der Waals surface area contributed by atoms with Crippen LogP contribution in [0.25, 0.3) is 0 Å². The Labute approximate surface area is 323 Å². The van der Waals surface area contributed by atoms with Crippen LogP contribution in [0.4, 0.5) is 0 Å². The van der Waals surface area contributed by atoms with Gasteiger partial charge in [0.05, 0.1) is 25.6 Å². The van der Waals surface area contributed by atoms with E-state index in [4.69, 9.17) is 24.3 Å². The minimum Gasteiger partial charge on any atom is -0.492 e. The van der Waals surface area contributed by atoms with E-state index < -0.39 is 20.0 Å². The Morgan fingerprint density at radius 3 is 1.94 bits per heavy atom. The Balaban J connectivity index is 4.30. The fourth-order valence-electron chi connectivity index (χ4n) is 5.10. The molecule has 0 aliphatic heterocycles. The van der Waals surface area contributed by atoms with Crippen LogP contribution in [0.1, 0.15) is 155 Å². The number of carbonyl (C=O) groups is 1. The number of unbranched alkanes of at least 4 members (excludes halogenated alkanes) is 15. The third kappa shape index (κ3) is 39.3. The van der Waals surface area contributed by atoms with E-state index in [1.165, 1.54) is 77.0 Å². The van der Waals surface area contributed by atoms with Crippen LogP contribution in [0.5, 0.6) is 0 Å². The number of aliphatic hydroxyl groups excluding tert-OH is 1. The molecule has 0 aliphatic rings. The number of allylic oxidation sites excluding steroid dienone is 9. The molecule has 0 aromatic rings. The summed E-state index contributed by atoms with van der Waals surface area (Å²) in [4.78, 5) is 22.2. The van der Waals surface area contributed by atoms with E-state index >= 15 is 0 Å². The third-order valence-electron chi connectivity index (χ3n) is 8.27. The number of esters is 1. The van der Waals surface area contributed by atoms with Crippen molar-refractivity contribution in [3.63, 3.8) is 0 Å². The highest BCUT2D eigenvalue weighted by molar-refractivity contribution is 7.47. The highest BCUT2D eigenvalue weighted by atomic mass is 31.2. The van der Waals surface area contributed by atoms with Gasteiger partial charge in [0, 0.05) is 13.0 Å². The van der Waals surface area contributed by atoms with Gasteiger partial charge in [-0.2, -0.15) is 0 Å². The predicted molar refractivity (Wildman–Crippen MR) is 220 cm³/mol. The van der Waals surface area contributed by atoms with Gasteiger partial charge in [0.15, 0.2) is 6.10 Å². The van der Waals surface area contributed by atoms with Crippen molar-refractivity contribution in [2.24, 2.45) is 5.73 Å². The van der Waals surface area contributed by atoms with Gasteiger partial charge in [-0.1, -0.05) is 132 Å². The van der Waals surface area contributed by atoms with E-state index in [-0.39, 0.29) is 38.8 Å². The molecule has 9 nitrogen and oxygen atoms in total. The standard InChI is InChI=1S/C43H76NO8P/c1-3-5-7-9-11-12-13-14-15-16-17-18-19-24-28-32-37-49-42(40-52-53(47,48)51-38-36-44)39-50-43(46)35-31-27-23-20-22-26-30-34-41(45)33-29-25-21-10-8-6-4-2/h14-15,20-21,23,25-26,29-30,32-33,37,41-42,45H,3-13,16-19,22,24,27-28,31,34-36,38-40,44H2,1-2H3,(H,47,48)/b15-14-,23-20+,25-21-,30-26-,33-29-,37-32+/t41-,42-/m1/s1. The van der Waals surface area contributed by atoms with E-state index in [1.807, 2.05) is 42.5 Å². The van der Waals surface area contributed by atoms with Gasteiger partial charge < -0.3 is 25.2 Å². The molecule has 4 N–H and O–H groups in total. The smallest absolute Gasteiger partial charge is 0.472 e. The van der Waals surface area contributed by atoms with Crippen LogP contribution in [0.2, 0.25) is 0 Å². The summed E-state index contributed by atoms with van der Waals surface area (Å²) in [6, 6.07) is 0. The molecule has 3 atom stereocenters. The monoisotopic (exact) mass is 766 g/mol. The maximum Gasteiger partial charge on any atom is 0.472 e. The maximum atomic E-state index is 12.4. The number of phosphoric acid groups is 1. The molecule has 0 radical (unpaired) electrons. The van der Waals surface area contributed by atoms with Crippen molar-refractivity contribution in [3.8, 4) is 0 Å². The van der Waals surface area contributed by atoms with Crippen molar-refractivity contribution in [1.82, 2.24) is 0 Å². The first-order chi connectivity index (χ1) is 25.8.